The maximum absolute atomic E-state index is 14.9. The Morgan fingerprint density at radius 2 is 1.76 bits per heavy atom. The van der Waals surface area contributed by atoms with Crippen molar-refractivity contribution in [1.29, 1.82) is 0 Å². The second-order valence-corrected chi connectivity index (χ2v) is 9.18. The molecule has 29 heavy (non-hydrogen) atoms. The monoisotopic (exact) mass is 411 g/mol. The smallest absolute Gasteiger partial charge is 0.131 e. The van der Waals surface area contributed by atoms with E-state index < -0.39 is 0 Å². The van der Waals surface area contributed by atoms with E-state index in [-0.39, 0.29) is 11.4 Å². The number of piperazine rings is 1. The van der Waals surface area contributed by atoms with Crippen LogP contribution in [0.3, 0.4) is 0 Å². The summed E-state index contributed by atoms with van der Waals surface area (Å²) in [5.74, 6) is -0.199. The summed E-state index contributed by atoms with van der Waals surface area (Å²) in [7, 11) is 0. The minimum Gasteiger partial charge on any atom is -0.297 e. The van der Waals surface area contributed by atoms with Crippen LogP contribution >= 0.6 is 11.6 Å². The molecular weight excluding hydrogens is 385 g/mol. The average Bonchev–Trinajstić information content (AvgIpc) is 2.68. The van der Waals surface area contributed by atoms with Crippen molar-refractivity contribution in [3.8, 4) is 11.1 Å². The molecule has 4 rings (SSSR count). The van der Waals surface area contributed by atoms with Gasteiger partial charge in [-0.05, 0) is 56.2 Å². The molecule has 2 heterocycles. The summed E-state index contributed by atoms with van der Waals surface area (Å²) in [6, 6.07) is 13.0. The first-order valence-corrected chi connectivity index (χ1v) is 10.5. The molecule has 1 aliphatic rings. The fourth-order valence-corrected chi connectivity index (χ4v) is 4.21. The van der Waals surface area contributed by atoms with Crippen LogP contribution in [0, 0.1) is 5.82 Å². The number of nitrogens with zero attached hydrogens (tertiary/aromatic N) is 3. The zero-order valence-electron chi connectivity index (χ0n) is 17.3. The van der Waals surface area contributed by atoms with Gasteiger partial charge in [0.25, 0.3) is 0 Å². The molecule has 1 aliphatic heterocycles. The number of pyridine rings is 1. The molecule has 152 valence electrons. The van der Waals surface area contributed by atoms with E-state index in [0.29, 0.717) is 10.6 Å². The van der Waals surface area contributed by atoms with Gasteiger partial charge >= 0.3 is 0 Å². The summed E-state index contributed by atoms with van der Waals surface area (Å²) >= 11 is 6.29. The number of fused-ring (bicyclic) bond motifs is 1. The van der Waals surface area contributed by atoms with Gasteiger partial charge in [-0.25, -0.2) is 4.39 Å². The van der Waals surface area contributed by atoms with Gasteiger partial charge in [-0.15, -0.1) is 0 Å². The quantitative estimate of drug-likeness (QED) is 0.558. The molecule has 1 fully saturated rings. The molecule has 0 unspecified atom stereocenters. The van der Waals surface area contributed by atoms with E-state index in [0.717, 1.165) is 54.8 Å². The molecule has 3 aromatic rings. The number of aromatic nitrogens is 1. The van der Waals surface area contributed by atoms with Gasteiger partial charge in [0.2, 0.25) is 0 Å². The lowest BCUT2D eigenvalue weighted by atomic mass is 10.0. The van der Waals surface area contributed by atoms with E-state index in [1.807, 2.05) is 30.3 Å². The highest BCUT2D eigenvalue weighted by Gasteiger charge is 2.25. The molecule has 0 saturated carbocycles. The second kappa shape index (κ2) is 8.02. The Labute approximate surface area is 177 Å². The number of hydrogen-bond acceptors (Lipinski definition) is 3. The van der Waals surface area contributed by atoms with Gasteiger partial charge in [0.1, 0.15) is 5.82 Å². The Morgan fingerprint density at radius 3 is 2.45 bits per heavy atom. The predicted octanol–water partition coefficient (Wildman–Crippen LogP) is 5.61. The maximum atomic E-state index is 14.9. The summed E-state index contributed by atoms with van der Waals surface area (Å²) in [6.45, 7) is 11.7. The first kappa shape index (κ1) is 20.3. The molecule has 0 bridgehead atoms. The zero-order chi connectivity index (χ0) is 20.6. The predicted molar refractivity (Wildman–Crippen MR) is 119 cm³/mol. The van der Waals surface area contributed by atoms with Crippen molar-refractivity contribution in [2.75, 3.05) is 26.2 Å². The molecule has 0 aliphatic carbocycles. The van der Waals surface area contributed by atoms with Crippen LogP contribution in [0.1, 0.15) is 26.3 Å². The topological polar surface area (TPSA) is 19.4 Å². The van der Waals surface area contributed by atoms with E-state index in [2.05, 4.69) is 35.6 Å². The lowest BCUT2D eigenvalue weighted by Crippen LogP contribution is -2.53. The van der Waals surface area contributed by atoms with Gasteiger partial charge in [-0.3, -0.25) is 14.8 Å². The SMILES string of the molecule is CC(C)(C)N1CCN(Cc2ccc(-c3ccc4nccc(Cl)c4c3)c(F)c2)CC1. The average molecular weight is 412 g/mol. The van der Waals surface area contributed by atoms with Crippen LogP contribution in [-0.2, 0) is 6.54 Å². The Kier molecular flexibility index (Phi) is 5.60. The van der Waals surface area contributed by atoms with Crippen molar-refractivity contribution < 1.29 is 4.39 Å². The Morgan fingerprint density at radius 1 is 1.00 bits per heavy atom. The van der Waals surface area contributed by atoms with E-state index in [4.69, 9.17) is 11.6 Å². The number of benzene rings is 2. The highest BCUT2D eigenvalue weighted by molar-refractivity contribution is 6.35. The Balaban J connectivity index is 1.50. The van der Waals surface area contributed by atoms with Crippen LogP contribution in [-0.4, -0.2) is 46.5 Å². The van der Waals surface area contributed by atoms with Crippen LogP contribution in [0.2, 0.25) is 5.02 Å². The van der Waals surface area contributed by atoms with Gasteiger partial charge in [0.05, 0.1) is 10.5 Å². The third-order valence-corrected chi connectivity index (χ3v) is 6.09. The molecule has 2 aromatic carbocycles. The van der Waals surface area contributed by atoms with Crippen LogP contribution < -0.4 is 0 Å². The highest BCUT2D eigenvalue weighted by Crippen LogP contribution is 2.30. The minimum atomic E-state index is -0.199. The zero-order valence-corrected chi connectivity index (χ0v) is 18.0. The fourth-order valence-electron chi connectivity index (χ4n) is 4.01. The highest BCUT2D eigenvalue weighted by atomic mass is 35.5. The molecule has 5 heteroatoms. The first-order valence-electron chi connectivity index (χ1n) is 10.1. The van der Waals surface area contributed by atoms with Gasteiger partial charge in [0.15, 0.2) is 0 Å². The maximum Gasteiger partial charge on any atom is 0.131 e. The van der Waals surface area contributed by atoms with Crippen LogP contribution in [0.4, 0.5) is 4.39 Å². The number of halogens is 2. The van der Waals surface area contributed by atoms with Crippen LogP contribution in [0.25, 0.3) is 22.0 Å². The lowest BCUT2D eigenvalue weighted by molar-refractivity contribution is 0.0591. The second-order valence-electron chi connectivity index (χ2n) is 8.77. The van der Waals surface area contributed by atoms with Crippen molar-refractivity contribution in [1.82, 2.24) is 14.8 Å². The molecule has 0 spiro atoms. The summed E-state index contributed by atoms with van der Waals surface area (Å²) in [5, 5.41) is 1.47. The van der Waals surface area contributed by atoms with Gasteiger partial charge in [-0.1, -0.05) is 29.8 Å². The standard InChI is InChI=1S/C24H27ClFN3/c1-24(2,3)29-12-10-28(11-13-29)16-17-4-6-19(22(26)14-17)18-5-7-23-20(15-18)21(25)8-9-27-23/h4-9,14-15H,10-13,16H2,1-3H3. The fraction of sp³-hybridized carbons (Fsp3) is 0.375. The van der Waals surface area contributed by atoms with E-state index >= 15 is 0 Å². The van der Waals surface area contributed by atoms with E-state index in [1.54, 1.807) is 18.3 Å². The molecular formula is C24H27ClFN3. The summed E-state index contributed by atoms with van der Waals surface area (Å²) in [5.41, 5.74) is 3.44. The third kappa shape index (κ3) is 4.45. The molecule has 1 saturated heterocycles. The van der Waals surface area contributed by atoms with Gasteiger partial charge in [0, 0.05) is 55.4 Å². The summed E-state index contributed by atoms with van der Waals surface area (Å²) in [4.78, 5) is 9.22. The molecule has 0 atom stereocenters. The minimum absolute atomic E-state index is 0.199. The largest absolute Gasteiger partial charge is 0.297 e. The lowest BCUT2D eigenvalue weighted by Gasteiger charge is -2.42. The van der Waals surface area contributed by atoms with Gasteiger partial charge in [-0.2, -0.15) is 0 Å². The molecule has 0 radical (unpaired) electrons. The van der Waals surface area contributed by atoms with Gasteiger partial charge < -0.3 is 0 Å². The third-order valence-electron chi connectivity index (χ3n) is 5.76. The van der Waals surface area contributed by atoms with Crippen LogP contribution in [0.5, 0.6) is 0 Å². The number of rotatable bonds is 3. The molecule has 3 nitrogen and oxygen atoms in total. The number of hydrogen-bond donors (Lipinski definition) is 0. The van der Waals surface area contributed by atoms with E-state index in [9.17, 15) is 4.39 Å². The molecule has 0 N–H and O–H groups in total. The van der Waals surface area contributed by atoms with Crippen molar-refractivity contribution in [3.05, 3.63) is 65.1 Å². The summed E-state index contributed by atoms with van der Waals surface area (Å²) in [6.07, 6.45) is 1.68. The molecule has 1 aromatic heterocycles. The Bertz CT molecular complexity index is 1020. The van der Waals surface area contributed by atoms with Crippen molar-refractivity contribution >= 4 is 22.5 Å². The molecule has 0 amide bonds. The van der Waals surface area contributed by atoms with E-state index in [1.165, 1.54) is 0 Å². The van der Waals surface area contributed by atoms with Crippen molar-refractivity contribution in [3.63, 3.8) is 0 Å². The normalized spacial score (nSPS) is 16.4. The Hall–Kier alpha value is -2.01. The van der Waals surface area contributed by atoms with Crippen LogP contribution in [0.15, 0.2) is 48.7 Å². The summed E-state index contributed by atoms with van der Waals surface area (Å²) < 4.78 is 14.9. The van der Waals surface area contributed by atoms with Crippen molar-refractivity contribution in [2.24, 2.45) is 0 Å². The first-order chi connectivity index (χ1) is 13.8. The van der Waals surface area contributed by atoms with Crippen molar-refractivity contribution in [2.45, 2.75) is 32.9 Å².